The van der Waals surface area contributed by atoms with Gasteiger partial charge in [-0.05, 0) is 24.3 Å². The highest BCUT2D eigenvalue weighted by atomic mass is 35.7. The first-order chi connectivity index (χ1) is 10.4. The summed E-state index contributed by atoms with van der Waals surface area (Å²) >= 11 is 0. The summed E-state index contributed by atoms with van der Waals surface area (Å²) in [4.78, 5) is 0. The molecule has 1 aliphatic heterocycles. The van der Waals surface area contributed by atoms with Gasteiger partial charge in [0, 0.05) is 0 Å². The van der Waals surface area contributed by atoms with Crippen LogP contribution in [-0.2, 0) is 0 Å². The van der Waals surface area contributed by atoms with Crippen LogP contribution in [0, 0.1) is 10.2 Å². The third-order valence-electron chi connectivity index (χ3n) is 2.52. The van der Waals surface area contributed by atoms with E-state index in [1.165, 1.54) is 0 Å². The lowest BCUT2D eigenvalue weighted by molar-refractivity contribution is -1.92. The van der Waals surface area contributed by atoms with Crippen molar-refractivity contribution >= 4 is 17.7 Å². The minimum atomic E-state index is -4.69. The van der Waals surface area contributed by atoms with Gasteiger partial charge in [-0.2, -0.15) is 24.2 Å². The third kappa shape index (κ3) is 4.88. The molecule has 2 aromatic rings. The minimum Gasteiger partial charge on any atom is -0.265 e. The molecule has 0 fully saturated rings. The maximum Gasteiger partial charge on any atom is 0.131 e. The zero-order valence-corrected chi connectivity index (χ0v) is 12.0. The molecule has 0 aliphatic carbocycles. The van der Waals surface area contributed by atoms with E-state index >= 15 is 0 Å². The first-order valence-corrected chi connectivity index (χ1v) is 7.33. The zero-order valence-electron chi connectivity index (χ0n) is 11.2. The number of hydrogen-bond acceptors (Lipinski definition) is 8. The van der Waals surface area contributed by atoms with Crippen LogP contribution in [0.25, 0.3) is 0 Å². The number of halogens is 1. The van der Waals surface area contributed by atoms with Gasteiger partial charge in [0.05, 0.1) is 26.3 Å². The van der Waals surface area contributed by atoms with Gasteiger partial charge >= 0.3 is 0 Å². The van der Waals surface area contributed by atoms with Crippen LogP contribution in [0.1, 0.15) is 0 Å². The Bertz CT molecular complexity index is 600. The summed E-state index contributed by atoms with van der Waals surface area (Å²) in [5.41, 5.74) is 5.14. The molecule has 2 N–H and O–H groups in total. The lowest BCUT2D eigenvalue weighted by atomic mass is 10.3. The van der Waals surface area contributed by atoms with Crippen LogP contribution in [0.15, 0.2) is 65.8 Å². The third-order valence-corrected chi connectivity index (χ3v) is 2.52. The highest BCUT2D eigenvalue weighted by Gasteiger charge is 2.19. The van der Waals surface area contributed by atoms with E-state index < -0.39 is 10.2 Å². The van der Waals surface area contributed by atoms with Crippen LogP contribution in [0.5, 0.6) is 0 Å². The predicted molar refractivity (Wildman–Crippen MR) is 71.7 cm³/mol. The van der Waals surface area contributed by atoms with Gasteiger partial charge in [0.2, 0.25) is 0 Å². The standard InChI is InChI=1S/C13H12N4.ClHO4/c1-3-7-12(8-4-1)16-14-11-15-17(16)13-9-5-2-6-10-13;2-1(3,4)5/h1-11H,(H,14,15);(H,2,3,4,5). The number of anilines is 2. The number of hydrazone groups is 1. The quantitative estimate of drug-likeness (QED) is 0.672. The highest BCUT2D eigenvalue weighted by Crippen LogP contribution is 2.22. The van der Waals surface area contributed by atoms with Crippen molar-refractivity contribution in [1.29, 1.82) is 0 Å². The Labute approximate surface area is 128 Å². The number of rotatable bonds is 2. The van der Waals surface area contributed by atoms with E-state index in [-0.39, 0.29) is 0 Å². The Kier molecular flexibility index (Phi) is 5.15. The Morgan fingerprint density at radius 1 is 0.864 bits per heavy atom. The predicted octanol–water partition coefficient (Wildman–Crippen LogP) is -1.75. The average molecular weight is 325 g/mol. The van der Waals surface area contributed by atoms with Crippen molar-refractivity contribution in [3.63, 3.8) is 0 Å². The van der Waals surface area contributed by atoms with Crippen molar-refractivity contribution < 1.29 is 28.9 Å². The smallest absolute Gasteiger partial charge is 0.131 e. The molecular formula is C13H13ClN4O4. The molecule has 0 saturated heterocycles. The van der Waals surface area contributed by atoms with E-state index in [1.807, 2.05) is 70.9 Å². The normalized spacial score (nSPS) is 13.5. The number of nitrogens with one attached hydrogen (secondary N) is 1. The summed E-state index contributed by atoms with van der Waals surface area (Å²) in [6.07, 6.45) is 1.67. The second-order valence-electron chi connectivity index (χ2n) is 4.04. The maximum absolute atomic E-state index is 8.60. The first kappa shape index (κ1) is 16.0. The van der Waals surface area contributed by atoms with E-state index in [0.717, 1.165) is 11.4 Å². The van der Waals surface area contributed by atoms with Crippen molar-refractivity contribution in [3.8, 4) is 0 Å². The fraction of sp³-hybridized carbons (Fsp3) is 0. The molecule has 0 atom stereocenters. The molecule has 0 unspecified atom stereocenters. The van der Waals surface area contributed by atoms with Crippen LogP contribution < -0.4 is 29.6 Å². The van der Waals surface area contributed by atoms with Gasteiger partial charge in [-0.15, -0.1) is 5.10 Å². The molecule has 0 saturated carbocycles. The maximum atomic E-state index is 8.60. The molecule has 8 nitrogen and oxygen atoms in total. The molecule has 0 amide bonds. The first-order valence-electron chi connectivity index (χ1n) is 6.07. The van der Waals surface area contributed by atoms with Gasteiger partial charge in [0.25, 0.3) is 0 Å². The molecule has 0 bridgehead atoms. The fourth-order valence-electron chi connectivity index (χ4n) is 1.74. The Morgan fingerprint density at radius 3 is 1.82 bits per heavy atom. The Morgan fingerprint density at radius 2 is 1.32 bits per heavy atom. The summed E-state index contributed by atoms with van der Waals surface area (Å²) in [7, 11) is -4.69. The molecule has 0 radical (unpaired) electrons. The number of nitrogens with zero attached hydrogens (tertiary/aromatic N) is 3. The van der Waals surface area contributed by atoms with Gasteiger partial charge in [0.15, 0.2) is 0 Å². The molecular weight excluding hydrogens is 312 g/mol. The van der Waals surface area contributed by atoms with Crippen molar-refractivity contribution in [2.24, 2.45) is 5.10 Å². The van der Waals surface area contributed by atoms with E-state index in [9.17, 15) is 0 Å². The highest BCUT2D eigenvalue weighted by molar-refractivity contribution is 5.70. The number of hydrazine groups is 2. The summed E-state index contributed by atoms with van der Waals surface area (Å²) in [5, 5.41) is 7.99. The molecule has 0 aromatic heterocycles. The van der Waals surface area contributed by atoms with Gasteiger partial charge < -0.3 is 0 Å². The van der Waals surface area contributed by atoms with Gasteiger partial charge in [-0.25, -0.2) is 0 Å². The fourth-order valence-corrected chi connectivity index (χ4v) is 1.74. The van der Waals surface area contributed by atoms with Crippen LogP contribution in [-0.4, -0.2) is 11.0 Å². The van der Waals surface area contributed by atoms with E-state index in [1.54, 1.807) is 6.34 Å². The van der Waals surface area contributed by atoms with E-state index in [0.29, 0.717) is 0 Å². The molecule has 22 heavy (non-hydrogen) atoms. The topological polar surface area (TPSA) is 120 Å². The largest absolute Gasteiger partial charge is 0.265 e. The van der Waals surface area contributed by atoms with Crippen molar-refractivity contribution in [3.05, 3.63) is 60.7 Å². The molecule has 3 rings (SSSR count). The van der Waals surface area contributed by atoms with Crippen LogP contribution in [0.4, 0.5) is 11.4 Å². The number of benzene rings is 2. The summed E-state index contributed by atoms with van der Waals surface area (Å²) in [6.45, 7) is 0. The van der Waals surface area contributed by atoms with Gasteiger partial charge in [-0.1, -0.05) is 36.4 Å². The second kappa shape index (κ2) is 7.07. The van der Waals surface area contributed by atoms with Crippen LogP contribution in [0.3, 0.4) is 0 Å². The Hall–Kier alpha value is -2.36. The molecule has 116 valence electrons. The van der Waals surface area contributed by atoms with Crippen molar-refractivity contribution in [1.82, 2.24) is 5.43 Å². The SMILES string of the molecule is C1=NN(c2ccccc2)N(c2ccccc2)N1.[O-][Cl+3]([O-])([O-])O. The molecule has 1 aliphatic rings. The summed E-state index contributed by atoms with van der Waals surface area (Å²) in [5.74, 6) is 0. The van der Waals surface area contributed by atoms with Crippen LogP contribution >= 0.6 is 0 Å². The van der Waals surface area contributed by atoms with Crippen LogP contribution in [0.2, 0.25) is 0 Å². The summed E-state index contributed by atoms with van der Waals surface area (Å²) in [6, 6.07) is 20.0. The monoisotopic (exact) mass is 324 g/mol. The lowest BCUT2D eigenvalue weighted by Gasteiger charge is -2.27. The number of para-hydroxylation sites is 2. The molecule has 2 aromatic carbocycles. The molecule has 0 spiro atoms. The van der Waals surface area contributed by atoms with Gasteiger partial charge in [-0.3, -0.25) is 5.43 Å². The van der Waals surface area contributed by atoms with E-state index in [2.05, 4.69) is 10.5 Å². The van der Waals surface area contributed by atoms with Crippen molar-refractivity contribution in [2.45, 2.75) is 0 Å². The Balaban J connectivity index is 0.000000309. The van der Waals surface area contributed by atoms with E-state index in [4.69, 9.17) is 18.6 Å². The lowest BCUT2D eigenvalue weighted by Crippen LogP contribution is -2.58. The summed E-state index contributed by atoms with van der Waals surface area (Å²) < 4.78 is 32.7. The average Bonchev–Trinajstić information content (AvgIpc) is 2.97. The van der Waals surface area contributed by atoms with Gasteiger partial charge in [0.1, 0.15) is 6.34 Å². The minimum absolute atomic E-state index is 1.01. The second-order valence-corrected chi connectivity index (χ2v) is 4.83. The molecule has 9 heteroatoms. The number of hydrogen-bond donors (Lipinski definition) is 2. The van der Waals surface area contributed by atoms with Crippen molar-refractivity contribution in [2.75, 3.05) is 10.2 Å². The zero-order chi connectivity index (χ0) is 16.0. The molecule has 1 heterocycles.